The van der Waals surface area contributed by atoms with Crippen LogP contribution in [-0.4, -0.2) is 43.6 Å². The van der Waals surface area contributed by atoms with Gasteiger partial charge in [-0.25, -0.2) is 0 Å². The summed E-state index contributed by atoms with van der Waals surface area (Å²) in [6, 6.07) is 7.80. The monoisotopic (exact) mass is 360 g/mol. The molecule has 2 atom stereocenters. The summed E-state index contributed by atoms with van der Waals surface area (Å²) in [6.45, 7) is 4.37. The van der Waals surface area contributed by atoms with Gasteiger partial charge in [-0.2, -0.15) is 0 Å². The van der Waals surface area contributed by atoms with Crippen molar-refractivity contribution in [3.05, 3.63) is 29.3 Å². The number of benzene rings is 1. The van der Waals surface area contributed by atoms with Crippen molar-refractivity contribution >= 4 is 29.9 Å². The molecule has 0 aliphatic carbocycles. The Bertz CT molecular complexity index is 499. The average molecular weight is 361 g/mol. The molecule has 1 N–H and O–H groups in total. The Hall–Kier alpha value is -0.970. The Morgan fingerprint density at radius 1 is 1.48 bits per heavy atom. The minimum absolute atomic E-state index is 0. The third-order valence-corrected chi connectivity index (χ3v) is 4.29. The van der Waals surface area contributed by atoms with Gasteiger partial charge < -0.3 is 15.0 Å². The predicted octanol–water partition coefficient (Wildman–Crippen LogP) is 3.38. The lowest BCUT2D eigenvalue weighted by Gasteiger charge is -2.30. The van der Waals surface area contributed by atoms with Crippen molar-refractivity contribution in [1.29, 1.82) is 0 Å². The smallest absolute Gasteiger partial charge is 0.225 e. The van der Waals surface area contributed by atoms with Gasteiger partial charge in [-0.15, -0.1) is 12.4 Å². The van der Waals surface area contributed by atoms with Crippen molar-refractivity contribution in [1.82, 2.24) is 10.2 Å². The maximum Gasteiger partial charge on any atom is 0.225 e. The normalized spacial score (nSPS) is 20.5. The maximum absolute atomic E-state index is 12.4. The van der Waals surface area contributed by atoms with E-state index in [4.69, 9.17) is 16.3 Å². The third-order valence-electron chi connectivity index (χ3n) is 4.05. The summed E-state index contributed by atoms with van der Waals surface area (Å²) in [5, 5.41) is 4.05. The predicted molar refractivity (Wildman–Crippen MR) is 96.6 cm³/mol. The summed E-state index contributed by atoms with van der Waals surface area (Å²) in [4.78, 5) is 14.2. The quantitative estimate of drug-likeness (QED) is 0.790. The van der Waals surface area contributed by atoms with Crippen molar-refractivity contribution in [3.63, 3.8) is 0 Å². The van der Waals surface area contributed by atoms with E-state index in [0.29, 0.717) is 17.7 Å². The van der Waals surface area contributed by atoms with Crippen molar-refractivity contribution in [3.8, 4) is 5.75 Å². The topological polar surface area (TPSA) is 41.6 Å². The fourth-order valence-electron chi connectivity index (χ4n) is 2.83. The van der Waals surface area contributed by atoms with Gasteiger partial charge >= 0.3 is 0 Å². The molecule has 0 spiro atoms. The van der Waals surface area contributed by atoms with Gasteiger partial charge in [-0.3, -0.25) is 4.79 Å². The van der Waals surface area contributed by atoms with Crippen LogP contribution < -0.4 is 10.1 Å². The number of halogens is 2. The van der Waals surface area contributed by atoms with Crippen LogP contribution in [0.25, 0.3) is 0 Å². The first-order valence-electron chi connectivity index (χ1n) is 7.93. The van der Waals surface area contributed by atoms with E-state index >= 15 is 0 Å². The summed E-state index contributed by atoms with van der Waals surface area (Å²) in [5.74, 6) is 1.19. The molecule has 1 aromatic carbocycles. The number of carbonyl (C=O) groups is 1. The van der Waals surface area contributed by atoms with Crippen LogP contribution in [-0.2, 0) is 4.79 Å². The molecule has 1 saturated heterocycles. The van der Waals surface area contributed by atoms with E-state index in [0.717, 1.165) is 38.1 Å². The van der Waals surface area contributed by atoms with Gasteiger partial charge in [0, 0.05) is 30.6 Å². The number of nitrogens with one attached hydrogen (secondary N) is 1. The minimum atomic E-state index is 0. The van der Waals surface area contributed by atoms with Crippen molar-refractivity contribution in [2.45, 2.75) is 32.2 Å². The Kier molecular flexibility index (Phi) is 8.74. The van der Waals surface area contributed by atoms with Crippen LogP contribution in [0.4, 0.5) is 0 Å². The SMILES string of the molecule is C[C@H]1C[C@@H](C(=O)N(C)CCCOc2cccc(Cl)c2)CCN1.Cl. The van der Waals surface area contributed by atoms with E-state index in [2.05, 4.69) is 12.2 Å². The molecule has 0 unspecified atom stereocenters. The molecule has 2 rings (SSSR count). The maximum atomic E-state index is 12.4. The fourth-order valence-corrected chi connectivity index (χ4v) is 3.01. The van der Waals surface area contributed by atoms with Gasteiger partial charge in [0.1, 0.15) is 5.75 Å². The second kappa shape index (κ2) is 10.0. The summed E-state index contributed by atoms with van der Waals surface area (Å²) in [6.07, 6.45) is 2.68. The van der Waals surface area contributed by atoms with Crippen molar-refractivity contribution < 1.29 is 9.53 Å². The highest BCUT2D eigenvalue weighted by Gasteiger charge is 2.26. The number of piperidine rings is 1. The van der Waals surface area contributed by atoms with Crippen LogP contribution >= 0.6 is 24.0 Å². The highest BCUT2D eigenvalue weighted by atomic mass is 35.5. The Morgan fingerprint density at radius 2 is 2.26 bits per heavy atom. The minimum Gasteiger partial charge on any atom is -0.493 e. The van der Waals surface area contributed by atoms with E-state index in [-0.39, 0.29) is 24.2 Å². The van der Waals surface area contributed by atoms with Crippen LogP contribution in [0.1, 0.15) is 26.2 Å². The molecule has 0 aromatic heterocycles. The van der Waals surface area contributed by atoms with Gasteiger partial charge in [-0.05, 0) is 50.9 Å². The molecule has 23 heavy (non-hydrogen) atoms. The first-order valence-corrected chi connectivity index (χ1v) is 8.31. The summed E-state index contributed by atoms with van der Waals surface area (Å²) in [7, 11) is 1.88. The van der Waals surface area contributed by atoms with Gasteiger partial charge in [0.2, 0.25) is 5.91 Å². The molecule has 0 bridgehead atoms. The second-order valence-corrected chi connectivity index (χ2v) is 6.43. The third kappa shape index (κ3) is 6.58. The molecule has 1 fully saturated rings. The Balaban J connectivity index is 0.00000264. The first-order chi connectivity index (χ1) is 10.6. The molecule has 6 heteroatoms. The summed E-state index contributed by atoms with van der Waals surface area (Å²) < 4.78 is 5.65. The van der Waals surface area contributed by atoms with Crippen LogP contribution in [0.5, 0.6) is 5.75 Å². The molecular weight excluding hydrogens is 335 g/mol. The van der Waals surface area contributed by atoms with Crippen LogP contribution in [0.3, 0.4) is 0 Å². The second-order valence-electron chi connectivity index (χ2n) is 6.00. The fraction of sp³-hybridized carbons (Fsp3) is 0.588. The number of amides is 1. The van der Waals surface area contributed by atoms with E-state index in [1.165, 1.54) is 0 Å². The molecule has 1 aliphatic rings. The standard InChI is InChI=1S/C17H25ClN2O2.ClH/c1-13-11-14(7-8-19-13)17(21)20(2)9-4-10-22-16-6-3-5-15(18)12-16;/h3,5-6,12-14,19H,4,7-11H2,1-2H3;1H/t13-,14-;/m0./s1. The van der Waals surface area contributed by atoms with Gasteiger partial charge in [0.15, 0.2) is 0 Å². The molecular formula is C17H26Cl2N2O2. The number of nitrogens with zero attached hydrogens (tertiary/aromatic N) is 1. The lowest BCUT2D eigenvalue weighted by molar-refractivity contribution is -0.135. The molecule has 1 heterocycles. The Morgan fingerprint density at radius 3 is 2.96 bits per heavy atom. The molecule has 1 amide bonds. The average Bonchev–Trinajstić information content (AvgIpc) is 2.50. The number of rotatable bonds is 6. The zero-order valence-electron chi connectivity index (χ0n) is 13.8. The summed E-state index contributed by atoms with van der Waals surface area (Å²) in [5.41, 5.74) is 0. The van der Waals surface area contributed by atoms with E-state index < -0.39 is 0 Å². The zero-order valence-corrected chi connectivity index (χ0v) is 15.3. The number of hydrogen-bond acceptors (Lipinski definition) is 3. The molecule has 4 nitrogen and oxygen atoms in total. The van der Waals surface area contributed by atoms with E-state index in [1.807, 2.05) is 30.1 Å². The lowest BCUT2D eigenvalue weighted by atomic mass is 9.92. The van der Waals surface area contributed by atoms with Crippen molar-refractivity contribution in [2.75, 3.05) is 26.7 Å². The zero-order chi connectivity index (χ0) is 15.9. The molecule has 0 saturated carbocycles. The molecule has 1 aromatic rings. The lowest BCUT2D eigenvalue weighted by Crippen LogP contribution is -2.43. The molecule has 0 radical (unpaired) electrons. The van der Waals surface area contributed by atoms with Gasteiger partial charge in [-0.1, -0.05) is 17.7 Å². The highest BCUT2D eigenvalue weighted by Crippen LogP contribution is 2.19. The van der Waals surface area contributed by atoms with Gasteiger partial charge in [0.25, 0.3) is 0 Å². The van der Waals surface area contributed by atoms with Crippen LogP contribution in [0.15, 0.2) is 24.3 Å². The Labute approximate surface area is 149 Å². The van der Waals surface area contributed by atoms with E-state index in [1.54, 1.807) is 6.07 Å². The molecule has 130 valence electrons. The highest BCUT2D eigenvalue weighted by molar-refractivity contribution is 6.30. The first kappa shape index (κ1) is 20.1. The van der Waals surface area contributed by atoms with E-state index in [9.17, 15) is 4.79 Å². The van der Waals surface area contributed by atoms with Crippen molar-refractivity contribution in [2.24, 2.45) is 5.92 Å². The van der Waals surface area contributed by atoms with Crippen LogP contribution in [0.2, 0.25) is 5.02 Å². The molecule has 1 aliphatic heterocycles. The number of hydrogen-bond donors (Lipinski definition) is 1. The largest absolute Gasteiger partial charge is 0.493 e. The summed E-state index contributed by atoms with van der Waals surface area (Å²) >= 11 is 5.91. The van der Waals surface area contributed by atoms with Crippen LogP contribution in [0, 0.1) is 5.92 Å². The number of carbonyl (C=O) groups excluding carboxylic acids is 1. The number of ether oxygens (including phenoxy) is 1. The van der Waals surface area contributed by atoms with Gasteiger partial charge in [0.05, 0.1) is 6.61 Å².